The minimum Gasteiger partial charge on any atom is -0.332 e. The van der Waals surface area contributed by atoms with Gasteiger partial charge in [0, 0.05) is 18.0 Å². The van der Waals surface area contributed by atoms with E-state index in [1.54, 1.807) is 12.4 Å². The Morgan fingerprint density at radius 3 is 2.52 bits per heavy atom. The largest absolute Gasteiger partial charge is 0.332 e. The second kappa shape index (κ2) is 7.06. The summed E-state index contributed by atoms with van der Waals surface area (Å²) in [5.41, 5.74) is 2.99. The van der Waals surface area contributed by atoms with Gasteiger partial charge < -0.3 is 10.6 Å². The third kappa shape index (κ3) is 4.05. The van der Waals surface area contributed by atoms with Crippen molar-refractivity contribution < 1.29 is 4.79 Å². The van der Waals surface area contributed by atoms with E-state index in [1.807, 2.05) is 31.2 Å². The Morgan fingerprint density at radius 2 is 1.90 bits per heavy atom. The van der Waals surface area contributed by atoms with E-state index in [0.717, 1.165) is 16.7 Å². The van der Waals surface area contributed by atoms with Gasteiger partial charge in [-0.25, -0.2) is 14.8 Å². The Morgan fingerprint density at radius 1 is 1.24 bits per heavy atom. The van der Waals surface area contributed by atoms with Gasteiger partial charge >= 0.3 is 6.03 Å². The molecule has 0 radical (unpaired) electrons. The van der Waals surface area contributed by atoms with E-state index in [-0.39, 0.29) is 18.6 Å². The number of aromatic nitrogens is 2. The van der Waals surface area contributed by atoms with E-state index in [4.69, 9.17) is 6.42 Å². The minimum absolute atomic E-state index is 0.108. The number of rotatable bonds is 4. The molecule has 21 heavy (non-hydrogen) atoms. The lowest BCUT2D eigenvalue weighted by Crippen LogP contribution is -2.37. The number of amides is 2. The van der Waals surface area contributed by atoms with Crippen LogP contribution in [0.3, 0.4) is 0 Å². The van der Waals surface area contributed by atoms with Crippen molar-refractivity contribution in [1.82, 2.24) is 20.6 Å². The van der Waals surface area contributed by atoms with Crippen LogP contribution in [0, 0.1) is 12.3 Å². The molecule has 1 aromatic carbocycles. The molecule has 2 N–H and O–H groups in total. The summed E-state index contributed by atoms with van der Waals surface area (Å²) in [5.74, 6) is 2.35. The summed E-state index contributed by atoms with van der Waals surface area (Å²) in [6.45, 7) is 2.13. The first kappa shape index (κ1) is 14.5. The number of nitrogens with zero attached hydrogens (tertiary/aromatic N) is 2. The van der Waals surface area contributed by atoms with Crippen LogP contribution in [0.5, 0.6) is 0 Å². The van der Waals surface area contributed by atoms with Gasteiger partial charge in [0.15, 0.2) is 0 Å². The summed E-state index contributed by atoms with van der Waals surface area (Å²) in [6, 6.07) is 7.50. The van der Waals surface area contributed by atoms with Crippen molar-refractivity contribution in [1.29, 1.82) is 0 Å². The molecule has 0 aliphatic rings. The van der Waals surface area contributed by atoms with Crippen molar-refractivity contribution in [2.24, 2.45) is 0 Å². The predicted molar refractivity (Wildman–Crippen MR) is 81.3 cm³/mol. The van der Waals surface area contributed by atoms with Crippen molar-refractivity contribution in [3.8, 4) is 23.5 Å². The summed E-state index contributed by atoms with van der Waals surface area (Å²) < 4.78 is 0. The monoisotopic (exact) mass is 280 g/mol. The Balaban J connectivity index is 2.02. The average Bonchev–Trinajstić information content (AvgIpc) is 2.54. The Hall–Kier alpha value is -2.87. The maximum atomic E-state index is 11.5. The number of hydrogen-bond donors (Lipinski definition) is 2. The lowest BCUT2D eigenvalue weighted by Gasteiger charge is -2.15. The second-order valence-electron chi connectivity index (χ2n) is 4.50. The highest BCUT2D eigenvalue weighted by molar-refractivity contribution is 5.74. The molecule has 0 saturated heterocycles. The number of hydrogen-bond acceptors (Lipinski definition) is 3. The molecule has 0 fully saturated rings. The maximum absolute atomic E-state index is 11.5. The van der Waals surface area contributed by atoms with Crippen molar-refractivity contribution in [2.45, 2.75) is 13.0 Å². The number of carbonyl (C=O) groups is 1. The van der Waals surface area contributed by atoms with Gasteiger partial charge in [0.05, 0.1) is 12.6 Å². The summed E-state index contributed by atoms with van der Waals surface area (Å²) in [4.78, 5) is 19.5. The van der Waals surface area contributed by atoms with Crippen molar-refractivity contribution in [3.05, 3.63) is 48.5 Å². The molecule has 1 heterocycles. The molecule has 2 rings (SSSR count). The average molecular weight is 280 g/mol. The zero-order chi connectivity index (χ0) is 15.1. The maximum Gasteiger partial charge on any atom is 0.316 e. The van der Waals surface area contributed by atoms with Crippen LogP contribution in [0.25, 0.3) is 11.1 Å². The number of nitrogens with one attached hydrogen (secondary N) is 2. The molecule has 0 aliphatic heterocycles. The van der Waals surface area contributed by atoms with Gasteiger partial charge in [0.2, 0.25) is 0 Å². The molecule has 106 valence electrons. The Bertz CT molecular complexity index is 632. The first-order valence-electron chi connectivity index (χ1n) is 6.54. The lowest BCUT2D eigenvalue weighted by molar-refractivity contribution is 0.239. The molecule has 0 bridgehead atoms. The van der Waals surface area contributed by atoms with E-state index < -0.39 is 0 Å². The molecule has 2 aromatic rings. The van der Waals surface area contributed by atoms with Gasteiger partial charge in [0.25, 0.3) is 0 Å². The zero-order valence-corrected chi connectivity index (χ0v) is 11.7. The topological polar surface area (TPSA) is 66.9 Å². The van der Waals surface area contributed by atoms with Gasteiger partial charge in [0.1, 0.15) is 6.33 Å². The van der Waals surface area contributed by atoms with Crippen LogP contribution in [-0.4, -0.2) is 22.5 Å². The number of terminal acetylenes is 1. The fourth-order valence-corrected chi connectivity index (χ4v) is 1.87. The van der Waals surface area contributed by atoms with Crippen LogP contribution >= 0.6 is 0 Å². The van der Waals surface area contributed by atoms with Crippen LogP contribution in [-0.2, 0) is 0 Å². The number of carbonyl (C=O) groups excluding carboxylic acids is 1. The van der Waals surface area contributed by atoms with Gasteiger partial charge in [-0.15, -0.1) is 6.42 Å². The normalized spacial score (nSPS) is 11.2. The molecule has 5 heteroatoms. The first-order chi connectivity index (χ1) is 10.2. The Labute approximate surface area is 123 Å². The molecule has 0 saturated carbocycles. The Kier molecular flexibility index (Phi) is 4.89. The van der Waals surface area contributed by atoms with Gasteiger partial charge in [-0.3, -0.25) is 0 Å². The van der Waals surface area contributed by atoms with E-state index >= 15 is 0 Å². The van der Waals surface area contributed by atoms with E-state index in [1.165, 1.54) is 6.33 Å². The molecule has 2 amide bonds. The summed E-state index contributed by atoms with van der Waals surface area (Å²) >= 11 is 0. The van der Waals surface area contributed by atoms with Crippen molar-refractivity contribution >= 4 is 6.03 Å². The molecule has 1 aromatic heterocycles. The summed E-state index contributed by atoms with van der Waals surface area (Å²) in [6.07, 6.45) is 10.1. The zero-order valence-electron chi connectivity index (χ0n) is 11.7. The van der Waals surface area contributed by atoms with Gasteiger partial charge in [-0.1, -0.05) is 30.2 Å². The van der Waals surface area contributed by atoms with Crippen LogP contribution in [0.1, 0.15) is 18.5 Å². The summed E-state index contributed by atoms with van der Waals surface area (Å²) in [5, 5.41) is 5.39. The van der Waals surface area contributed by atoms with Crippen LogP contribution < -0.4 is 10.6 Å². The van der Waals surface area contributed by atoms with Crippen LogP contribution in [0.2, 0.25) is 0 Å². The molecule has 0 spiro atoms. The highest BCUT2D eigenvalue weighted by Crippen LogP contribution is 2.20. The SMILES string of the molecule is C#CCNC(=O)N[C@@H](C)c1ccc(-c2cncnc2)cc1. The fourth-order valence-electron chi connectivity index (χ4n) is 1.87. The van der Waals surface area contributed by atoms with Gasteiger partial charge in [-0.2, -0.15) is 0 Å². The lowest BCUT2D eigenvalue weighted by atomic mass is 10.0. The number of benzene rings is 1. The molecular weight excluding hydrogens is 264 g/mol. The van der Waals surface area contributed by atoms with E-state index in [2.05, 4.69) is 26.5 Å². The van der Waals surface area contributed by atoms with Crippen molar-refractivity contribution in [2.75, 3.05) is 6.54 Å². The van der Waals surface area contributed by atoms with E-state index in [9.17, 15) is 4.79 Å². The molecule has 0 aliphatic carbocycles. The second-order valence-corrected chi connectivity index (χ2v) is 4.50. The standard InChI is InChI=1S/C16H16N4O/c1-3-8-19-16(21)20-12(2)13-4-6-14(7-5-13)15-9-17-11-18-10-15/h1,4-7,9-12H,8H2,2H3,(H2,19,20,21)/t12-/m0/s1. The fraction of sp³-hybridized carbons (Fsp3) is 0.188. The third-order valence-corrected chi connectivity index (χ3v) is 3.00. The summed E-state index contributed by atoms with van der Waals surface area (Å²) in [7, 11) is 0. The molecular formula is C16H16N4O. The van der Waals surface area contributed by atoms with Gasteiger partial charge in [-0.05, 0) is 18.1 Å². The first-order valence-corrected chi connectivity index (χ1v) is 6.54. The highest BCUT2D eigenvalue weighted by atomic mass is 16.2. The molecule has 5 nitrogen and oxygen atoms in total. The minimum atomic E-state index is -0.277. The third-order valence-electron chi connectivity index (χ3n) is 3.00. The predicted octanol–water partition coefficient (Wildman–Crippen LogP) is 2.14. The van der Waals surface area contributed by atoms with Crippen LogP contribution in [0.15, 0.2) is 43.0 Å². The quantitative estimate of drug-likeness (QED) is 0.843. The molecule has 0 unspecified atom stereocenters. The smallest absolute Gasteiger partial charge is 0.316 e. The van der Waals surface area contributed by atoms with Crippen molar-refractivity contribution in [3.63, 3.8) is 0 Å². The van der Waals surface area contributed by atoms with E-state index in [0.29, 0.717) is 0 Å². The number of urea groups is 1. The highest BCUT2D eigenvalue weighted by Gasteiger charge is 2.09. The van der Waals surface area contributed by atoms with Crippen LogP contribution in [0.4, 0.5) is 4.79 Å². The molecule has 1 atom stereocenters.